The fourth-order valence-corrected chi connectivity index (χ4v) is 7.34. The monoisotopic (exact) mass is 496 g/mol. The summed E-state index contributed by atoms with van der Waals surface area (Å²) >= 11 is 0. The van der Waals surface area contributed by atoms with Crippen molar-refractivity contribution in [2.45, 2.75) is 6.54 Å². The molecule has 1 aliphatic rings. The molecule has 0 saturated carbocycles. The predicted molar refractivity (Wildman–Crippen MR) is 151 cm³/mol. The number of anilines is 2. The van der Waals surface area contributed by atoms with Gasteiger partial charge in [0.2, 0.25) is 0 Å². The Labute approximate surface area is 213 Å². The number of carbonyl (C=O) groups is 1. The standard InChI is InChI=1S/C30H31N3O2P/c31-28-16-15-26(24-7-3-1-4-8-24)21-29(28)32-30(34)25-13-11-23(12-14-25)22-33-17-19-36(35,20-18-33)27-9-5-2-6-10-27/h1-16,21,35H,17-20,22,31H2,(H,32,34). The molecular formula is C30H31N3O2P. The zero-order chi connectivity index (χ0) is 25.0. The minimum atomic E-state index is -2.04. The summed E-state index contributed by atoms with van der Waals surface area (Å²) in [6.07, 6.45) is 1.64. The molecule has 0 bridgehead atoms. The van der Waals surface area contributed by atoms with E-state index in [4.69, 9.17) is 5.73 Å². The van der Waals surface area contributed by atoms with Gasteiger partial charge in [-0.3, -0.25) is 9.69 Å². The van der Waals surface area contributed by atoms with Crippen molar-refractivity contribution in [2.24, 2.45) is 0 Å². The first-order valence-corrected chi connectivity index (χ1v) is 14.3. The zero-order valence-corrected chi connectivity index (χ0v) is 21.1. The van der Waals surface area contributed by atoms with Crippen LogP contribution in [0.15, 0.2) is 103 Å². The Morgan fingerprint density at radius 3 is 2.14 bits per heavy atom. The number of hydrogen-bond donors (Lipinski definition) is 3. The van der Waals surface area contributed by atoms with E-state index in [2.05, 4.69) is 22.3 Å². The number of nitrogens with two attached hydrogens (primary N) is 1. The first kappa shape index (κ1) is 24.2. The summed E-state index contributed by atoms with van der Waals surface area (Å²) in [6, 6.07) is 33.5. The van der Waals surface area contributed by atoms with Crippen LogP contribution in [0.25, 0.3) is 11.1 Å². The van der Waals surface area contributed by atoms with Crippen molar-refractivity contribution in [1.29, 1.82) is 0 Å². The summed E-state index contributed by atoms with van der Waals surface area (Å²) in [7, 11) is -2.04. The lowest BCUT2D eigenvalue weighted by Crippen LogP contribution is -2.38. The molecular weight excluding hydrogens is 465 g/mol. The Kier molecular flexibility index (Phi) is 7.15. The highest BCUT2D eigenvalue weighted by atomic mass is 31.2. The first-order valence-electron chi connectivity index (χ1n) is 12.2. The van der Waals surface area contributed by atoms with E-state index in [-0.39, 0.29) is 5.91 Å². The number of benzene rings is 4. The molecule has 4 aromatic rings. The molecule has 1 fully saturated rings. The number of nitrogens with one attached hydrogen (secondary N) is 1. The maximum Gasteiger partial charge on any atom is 0.255 e. The van der Waals surface area contributed by atoms with Gasteiger partial charge in [-0.1, -0.05) is 78.9 Å². The van der Waals surface area contributed by atoms with E-state index in [9.17, 15) is 9.69 Å². The van der Waals surface area contributed by atoms with Crippen molar-refractivity contribution < 1.29 is 9.69 Å². The lowest BCUT2D eigenvalue weighted by atomic mass is 10.0. The van der Waals surface area contributed by atoms with Crippen molar-refractivity contribution in [3.63, 3.8) is 0 Å². The first-order chi connectivity index (χ1) is 17.5. The number of nitrogens with zero attached hydrogens (tertiary/aromatic N) is 1. The number of carbonyl (C=O) groups excluding carboxylic acids is 1. The molecule has 1 amide bonds. The maximum absolute atomic E-state index is 12.9. The van der Waals surface area contributed by atoms with E-state index in [0.29, 0.717) is 16.9 Å². The van der Waals surface area contributed by atoms with Crippen molar-refractivity contribution in [1.82, 2.24) is 4.90 Å². The molecule has 0 unspecified atom stereocenters. The van der Waals surface area contributed by atoms with Gasteiger partial charge in [0, 0.05) is 45.0 Å². The van der Waals surface area contributed by atoms with Gasteiger partial charge >= 0.3 is 0 Å². The average molecular weight is 497 g/mol. The number of nitrogen functional groups attached to an aromatic ring is 1. The summed E-state index contributed by atoms with van der Waals surface area (Å²) in [5.74, 6) is -0.186. The second kappa shape index (κ2) is 10.6. The van der Waals surface area contributed by atoms with Gasteiger partial charge in [0.25, 0.3) is 5.91 Å². The maximum atomic E-state index is 12.9. The molecule has 1 radical (unpaired) electrons. The Morgan fingerprint density at radius 2 is 1.47 bits per heavy atom. The van der Waals surface area contributed by atoms with E-state index in [1.54, 1.807) is 0 Å². The Hall–Kier alpha value is -3.50. The quantitative estimate of drug-likeness (QED) is 0.252. The normalized spacial score (nSPS) is 15.4. The summed E-state index contributed by atoms with van der Waals surface area (Å²) < 4.78 is 0. The second-order valence-corrected chi connectivity index (χ2v) is 12.6. The molecule has 0 atom stereocenters. The van der Waals surface area contributed by atoms with Crippen LogP contribution in [0.3, 0.4) is 0 Å². The van der Waals surface area contributed by atoms with Crippen LogP contribution in [0.2, 0.25) is 0 Å². The summed E-state index contributed by atoms with van der Waals surface area (Å²) in [6.45, 7) is 2.56. The molecule has 5 nitrogen and oxygen atoms in total. The van der Waals surface area contributed by atoms with Crippen molar-refractivity contribution in [3.8, 4) is 11.1 Å². The summed E-state index contributed by atoms with van der Waals surface area (Å²) in [5.41, 5.74) is 11.1. The lowest BCUT2D eigenvalue weighted by molar-refractivity contribution is 0.102. The molecule has 0 spiro atoms. The summed E-state index contributed by atoms with van der Waals surface area (Å²) in [4.78, 5) is 26.5. The number of rotatable bonds is 6. The highest BCUT2D eigenvalue weighted by molar-refractivity contribution is 7.77. The molecule has 0 aromatic heterocycles. The van der Waals surface area contributed by atoms with Crippen LogP contribution in [0, 0.1) is 0 Å². The SMILES string of the molecule is Nc1ccc(-c2ccccc2)cc1NC(=O)c1ccc(CN2CC[P](O)(c3ccccc3)CC2)cc1. The largest absolute Gasteiger partial charge is 0.397 e. The van der Waals surface area contributed by atoms with Crippen LogP contribution in [-0.4, -0.2) is 41.1 Å². The lowest BCUT2D eigenvalue weighted by Gasteiger charge is -2.40. The summed E-state index contributed by atoms with van der Waals surface area (Å²) in [5, 5.41) is 4.07. The molecule has 1 saturated heterocycles. The molecule has 4 aromatic carbocycles. The molecule has 1 heterocycles. The van der Waals surface area contributed by atoms with Gasteiger partial charge in [-0.05, 0) is 46.3 Å². The molecule has 6 heteroatoms. The molecule has 4 N–H and O–H groups in total. The second-order valence-electron chi connectivity index (χ2n) is 9.30. The molecule has 36 heavy (non-hydrogen) atoms. The van der Waals surface area contributed by atoms with Crippen molar-refractivity contribution in [3.05, 3.63) is 114 Å². The topological polar surface area (TPSA) is 78.6 Å². The zero-order valence-electron chi connectivity index (χ0n) is 20.2. The van der Waals surface area contributed by atoms with Gasteiger partial charge < -0.3 is 15.9 Å². The van der Waals surface area contributed by atoms with Gasteiger partial charge in [0.15, 0.2) is 0 Å². The van der Waals surface area contributed by atoms with Crippen LogP contribution in [0.4, 0.5) is 11.4 Å². The highest BCUT2D eigenvalue weighted by Crippen LogP contribution is 2.54. The molecule has 5 rings (SSSR count). The van der Waals surface area contributed by atoms with Gasteiger partial charge in [-0.15, -0.1) is 0 Å². The van der Waals surface area contributed by atoms with Crippen LogP contribution in [0.5, 0.6) is 0 Å². The van der Waals surface area contributed by atoms with Crippen LogP contribution in [-0.2, 0) is 6.54 Å². The van der Waals surface area contributed by atoms with Crippen molar-refractivity contribution >= 4 is 30.1 Å². The van der Waals surface area contributed by atoms with E-state index in [0.717, 1.165) is 54.0 Å². The van der Waals surface area contributed by atoms with E-state index in [1.165, 1.54) is 0 Å². The van der Waals surface area contributed by atoms with Crippen LogP contribution >= 0.6 is 7.49 Å². The Morgan fingerprint density at radius 1 is 0.833 bits per heavy atom. The third-order valence-electron chi connectivity index (χ3n) is 6.84. The third-order valence-corrected chi connectivity index (χ3v) is 9.98. The van der Waals surface area contributed by atoms with E-state index >= 15 is 0 Å². The fourth-order valence-electron chi connectivity index (χ4n) is 4.65. The Balaban J connectivity index is 1.20. The smallest absolute Gasteiger partial charge is 0.255 e. The minimum absolute atomic E-state index is 0.186. The van der Waals surface area contributed by atoms with Gasteiger partial charge in [-0.25, -0.2) is 0 Å². The van der Waals surface area contributed by atoms with Crippen molar-refractivity contribution in [2.75, 3.05) is 36.5 Å². The van der Waals surface area contributed by atoms with Crippen LogP contribution < -0.4 is 16.4 Å². The van der Waals surface area contributed by atoms with Gasteiger partial charge in [-0.2, -0.15) is 0 Å². The number of hydrogen-bond acceptors (Lipinski definition) is 4. The minimum Gasteiger partial charge on any atom is -0.397 e. The van der Waals surface area contributed by atoms with Crippen LogP contribution in [0.1, 0.15) is 15.9 Å². The predicted octanol–water partition coefficient (Wildman–Crippen LogP) is 5.25. The number of amides is 1. The Bertz CT molecular complexity index is 1320. The molecule has 1 aliphatic heterocycles. The van der Waals surface area contributed by atoms with E-state index < -0.39 is 7.49 Å². The van der Waals surface area contributed by atoms with Gasteiger partial charge in [0.05, 0.1) is 11.4 Å². The van der Waals surface area contributed by atoms with Gasteiger partial charge in [0.1, 0.15) is 0 Å². The highest BCUT2D eigenvalue weighted by Gasteiger charge is 2.31. The fraction of sp³-hybridized carbons (Fsp3) is 0.167. The molecule has 0 aliphatic carbocycles. The van der Waals surface area contributed by atoms with E-state index in [1.807, 2.05) is 91.0 Å². The molecule has 183 valence electrons. The average Bonchev–Trinajstić information content (AvgIpc) is 2.93. The third kappa shape index (κ3) is 5.50.